The second kappa shape index (κ2) is 6.26. The van der Waals surface area contributed by atoms with E-state index in [9.17, 15) is 9.90 Å². The molecule has 6 heteroatoms. The summed E-state index contributed by atoms with van der Waals surface area (Å²) < 4.78 is 2.02. The summed E-state index contributed by atoms with van der Waals surface area (Å²) in [6, 6.07) is 14.5. The van der Waals surface area contributed by atoms with Crippen LogP contribution in [0.25, 0.3) is 5.69 Å². The van der Waals surface area contributed by atoms with Gasteiger partial charge in [0.25, 0.3) is 5.56 Å². The second-order valence-electron chi connectivity index (χ2n) is 4.99. The molecule has 0 radical (unpaired) electrons. The molecule has 3 rings (SSSR count). The number of hydrogen-bond donors (Lipinski definition) is 2. The van der Waals surface area contributed by atoms with Crippen molar-refractivity contribution in [1.82, 2.24) is 9.78 Å². The molecule has 1 aromatic heterocycles. The minimum Gasteiger partial charge on any atom is -0.505 e. The van der Waals surface area contributed by atoms with Gasteiger partial charge in [0.05, 0.1) is 15.7 Å². The Balaban J connectivity index is 2.02. The number of para-hydroxylation sites is 2. The zero-order valence-electron chi connectivity index (χ0n) is 12.3. The Morgan fingerprint density at radius 2 is 1.91 bits per heavy atom. The predicted octanol–water partition coefficient (Wildman–Crippen LogP) is 3.69. The largest absolute Gasteiger partial charge is 0.505 e. The maximum absolute atomic E-state index is 12.5. The van der Waals surface area contributed by atoms with Crippen molar-refractivity contribution in [2.24, 2.45) is 4.99 Å². The van der Waals surface area contributed by atoms with Gasteiger partial charge in [-0.3, -0.25) is 14.9 Å². The van der Waals surface area contributed by atoms with E-state index in [0.29, 0.717) is 21.4 Å². The van der Waals surface area contributed by atoms with Crippen LogP contribution in [0.5, 0.6) is 5.75 Å². The number of aliphatic imine (C=N–C) groups is 1. The molecule has 2 N–H and O–H groups in total. The van der Waals surface area contributed by atoms with E-state index >= 15 is 0 Å². The first kappa shape index (κ1) is 15.3. The number of rotatable bonds is 3. The molecule has 0 saturated carbocycles. The molecule has 0 atom stereocenters. The summed E-state index contributed by atoms with van der Waals surface area (Å²) in [5.74, 6) is 0.0420. The molecule has 2 aromatic carbocycles. The van der Waals surface area contributed by atoms with Gasteiger partial charge in [-0.05, 0) is 47.1 Å². The van der Waals surface area contributed by atoms with Crippen LogP contribution in [0.3, 0.4) is 0 Å². The van der Waals surface area contributed by atoms with Crippen LogP contribution >= 0.6 is 15.9 Å². The van der Waals surface area contributed by atoms with Crippen LogP contribution in [-0.4, -0.2) is 21.1 Å². The smallest absolute Gasteiger partial charge is 0.280 e. The lowest BCUT2D eigenvalue weighted by molar-refractivity contribution is 0.473. The average Bonchev–Trinajstić information content (AvgIpc) is 2.84. The number of benzene rings is 2. The summed E-state index contributed by atoms with van der Waals surface area (Å²) >= 11 is 3.24. The molecule has 0 aliphatic carbocycles. The fraction of sp³-hybridized carbons (Fsp3) is 0.0588. The molecule has 0 aliphatic rings. The molecule has 0 unspecified atom stereocenters. The standard InChI is InChI=1S/C17H14BrN3O2/c1-11-13(10-19-15-9-5-8-14(18)16(15)22)17(23)21(20-11)12-6-3-2-4-7-12/h2-10,20,22H,1H3. The number of phenolic OH excluding ortho intramolecular Hbond substituents is 1. The topological polar surface area (TPSA) is 70.4 Å². The van der Waals surface area contributed by atoms with Crippen molar-refractivity contribution in [3.05, 3.63) is 74.6 Å². The second-order valence-corrected chi connectivity index (χ2v) is 5.85. The molecule has 0 bridgehead atoms. The Hall–Kier alpha value is -2.60. The summed E-state index contributed by atoms with van der Waals surface area (Å²) in [6.07, 6.45) is 1.47. The van der Waals surface area contributed by atoms with Crippen molar-refractivity contribution in [3.63, 3.8) is 0 Å². The van der Waals surface area contributed by atoms with Crippen LogP contribution < -0.4 is 5.56 Å². The number of aryl methyl sites for hydroxylation is 1. The fourth-order valence-corrected chi connectivity index (χ4v) is 2.57. The maximum Gasteiger partial charge on any atom is 0.280 e. The molecular weight excluding hydrogens is 358 g/mol. The minimum atomic E-state index is -0.188. The van der Waals surface area contributed by atoms with Crippen molar-refractivity contribution in [2.45, 2.75) is 6.92 Å². The third-order valence-corrected chi connectivity index (χ3v) is 4.07. The van der Waals surface area contributed by atoms with Crippen LogP contribution in [0.15, 0.2) is 62.8 Å². The Labute approximate surface area is 141 Å². The number of nitrogens with zero attached hydrogens (tertiary/aromatic N) is 2. The van der Waals surface area contributed by atoms with Gasteiger partial charge in [0.2, 0.25) is 0 Å². The summed E-state index contributed by atoms with van der Waals surface area (Å²) in [7, 11) is 0. The molecular formula is C17H14BrN3O2. The van der Waals surface area contributed by atoms with Gasteiger partial charge in [0.1, 0.15) is 5.69 Å². The minimum absolute atomic E-state index is 0.0420. The molecule has 0 saturated heterocycles. The van der Waals surface area contributed by atoms with E-state index < -0.39 is 0 Å². The number of hydrogen-bond acceptors (Lipinski definition) is 3. The molecule has 0 aliphatic heterocycles. The fourth-order valence-electron chi connectivity index (χ4n) is 2.21. The number of aromatic nitrogens is 2. The first-order chi connectivity index (χ1) is 11.1. The van der Waals surface area contributed by atoms with E-state index in [1.165, 1.54) is 10.9 Å². The third kappa shape index (κ3) is 2.98. The van der Waals surface area contributed by atoms with E-state index in [4.69, 9.17) is 0 Å². The number of aromatic amines is 1. The SMILES string of the molecule is Cc1[nH]n(-c2ccccc2)c(=O)c1C=Nc1cccc(Br)c1O. The molecule has 116 valence electrons. The van der Waals surface area contributed by atoms with Gasteiger partial charge in [-0.1, -0.05) is 24.3 Å². The molecule has 1 heterocycles. The van der Waals surface area contributed by atoms with E-state index in [0.717, 1.165) is 5.69 Å². The van der Waals surface area contributed by atoms with Crippen LogP contribution in [0, 0.1) is 6.92 Å². The highest BCUT2D eigenvalue weighted by Crippen LogP contribution is 2.33. The van der Waals surface area contributed by atoms with Crippen LogP contribution in [0.2, 0.25) is 0 Å². The van der Waals surface area contributed by atoms with Gasteiger partial charge in [-0.2, -0.15) is 0 Å². The van der Waals surface area contributed by atoms with E-state index in [1.807, 2.05) is 37.3 Å². The summed E-state index contributed by atoms with van der Waals surface area (Å²) in [4.78, 5) is 16.8. The number of aromatic hydroxyl groups is 1. The number of nitrogens with one attached hydrogen (secondary N) is 1. The zero-order chi connectivity index (χ0) is 16.4. The van der Waals surface area contributed by atoms with Crippen LogP contribution in [-0.2, 0) is 0 Å². The quantitative estimate of drug-likeness (QED) is 0.689. The maximum atomic E-state index is 12.5. The number of H-pyrrole nitrogens is 1. The Morgan fingerprint density at radius 3 is 2.65 bits per heavy atom. The van der Waals surface area contributed by atoms with Gasteiger partial charge in [0, 0.05) is 11.9 Å². The highest BCUT2D eigenvalue weighted by atomic mass is 79.9. The molecule has 5 nitrogen and oxygen atoms in total. The molecule has 3 aromatic rings. The lowest BCUT2D eigenvalue weighted by atomic mass is 10.2. The molecule has 0 spiro atoms. The Bertz CT molecular complexity index is 927. The predicted molar refractivity (Wildman–Crippen MR) is 94.2 cm³/mol. The monoisotopic (exact) mass is 371 g/mol. The van der Waals surface area contributed by atoms with Crippen LogP contribution in [0.4, 0.5) is 5.69 Å². The lowest BCUT2D eigenvalue weighted by Crippen LogP contribution is -2.17. The van der Waals surface area contributed by atoms with Crippen LogP contribution in [0.1, 0.15) is 11.3 Å². The first-order valence-electron chi connectivity index (χ1n) is 6.96. The van der Waals surface area contributed by atoms with Crippen molar-refractivity contribution in [2.75, 3.05) is 0 Å². The van der Waals surface area contributed by atoms with E-state index in [-0.39, 0.29) is 11.3 Å². The van der Waals surface area contributed by atoms with Crippen molar-refractivity contribution in [3.8, 4) is 11.4 Å². The zero-order valence-corrected chi connectivity index (χ0v) is 13.9. The summed E-state index contributed by atoms with van der Waals surface area (Å²) in [5.41, 5.74) is 2.12. The molecule has 23 heavy (non-hydrogen) atoms. The molecule has 0 fully saturated rings. The number of phenols is 1. The van der Waals surface area contributed by atoms with E-state index in [1.54, 1.807) is 18.2 Å². The highest BCUT2D eigenvalue weighted by Gasteiger charge is 2.11. The number of halogens is 1. The highest BCUT2D eigenvalue weighted by molar-refractivity contribution is 9.10. The van der Waals surface area contributed by atoms with Gasteiger partial charge in [-0.15, -0.1) is 0 Å². The van der Waals surface area contributed by atoms with Gasteiger partial charge < -0.3 is 5.11 Å². The van der Waals surface area contributed by atoms with Gasteiger partial charge in [-0.25, -0.2) is 4.68 Å². The van der Waals surface area contributed by atoms with Gasteiger partial charge in [0.15, 0.2) is 5.75 Å². The first-order valence-corrected chi connectivity index (χ1v) is 7.76. The van der Waals surface area contributed by atoms with Crippen molar-refractivity contribution < 1.29 is 5.11 Å². The lowest BCUT2D eigenvalue weighted by Gasteiger charge is -2.00. The van der Waals surface area contributed by atoms with Crippen molar-refractivity contribution >= 4 is 27.8 Å². The Morgan fingerprint density at radius 1 is 1.17 bits per heavy atom. The van der Waals surface area contributed by atoms with E-state index in [2.05, 4.69) is 26.0 Å². The summed E-state index contributed by atoms with van der Waals surface area (Å²) in [6.45, 7) is 1.81. The Kier molecular flexibility index (Phi) is 4.16. The normalized spacial score (nSPS) is 11.2. The summed E-state index contributed by atoms with van der Waals surface area (Å²) in [5, 5.41) is 13.0. The third-order valence-electron chi connectivity index (χ3n) is 3.43. The van der Waals surface area contributed by atoms with Gasteiger partial charge >= 0.3 is 0 Å². The molecule has 0 amide bonds. The van der Waals surface area contributed by atoms with Crippen molar-refractivity contribution in [1.29, 1.82) is 0 Å². The average molecular weight is 372 g/mol.